The minimum atomic E-state index is 0.0434. The molecular weight excluding hydrogens is 305 g/mol. The van der Waals surface area contributed by atoms with Crippen molar-refractivity contribution in [3.63, 3.8) is 0 Å². The Morgan fingerprint density at radius 3 is 2.73 bits per heavy atom. The van der Waals surface area contributed by atoms with Gasteiger partial charge in [0.05, 0.1) is 16.2 Å². The zero-order valence-electron chi connectivity index (χ0n) is 8.43. The van der Waals surface area contributed by atoms with Crippen LogP contribution in [0.1, 0.15) is 5.69 Å². The minimum absolute atomic E-state index is 0.0434. The number of ether oxygens (including phenoxy) is 1. The average Bonchev–Trinajstić information content (AvgIpc) is 2.18. The van der Waals surface area contributed by atoms with Gasteiger partial charge in [0.25, 0.3) is 0 Å². The number of methoxy groups -OCH3 is 1. The van der Waals surface area contributed by atoms with Gasteiger partial charge in [0.15, 0.2) is 5.43 Å². The van der Waals surface area contributed by atoms with Crippen molar-refractivity contribution in [1.82, 2.24) is 4.98 Å². The number of benzene rings is 1. The number of aromatic amines is 1. The van der Waals surface area contributed by atoms with Gasteiger partial charge in [0.1, 0.15) is 5.75 Å². The number of nitrogens with one attached hydrogen (secondary N) is 1. The van der Waals surface area contributed by atoms with E-state index in [2.05, 4.69) is 27.6 Å². The van der Waals surface area contributed by atoms with Crippen LogP contribution in [0.5, 0.6) is 5.75 Å². The van der Waals surface area contributed by atoms with Gasteiger partial charge in [-0.15, -0.1) is 0 Å². The third-order valence-corrected chi connectivity index (χ3v) is 3.08. The predicted octanol–water partition coefficient (Wildman–Crippen LogP) is 2.45. The van der Waals surface area contributed by atoms with Crippen molar-refractivity contribution in [2.24, 2.45) is 0 Å². The molecule has 15 heavy (non-hydrogen) atoms. The summed E-state index contributed by atoms with van der Waals surface area (Å²) in [6, 6.07) is 5.30. The Morgan fingerprint density at radius 2 is 2.07 bits per heavy atom. The molecule has 0 aliphatic heterocycles. The Bertz CT molecular complexity index is 575. The first-order chi connectivity index (χ1) is 7.11. The monoisotopic (exact) mass is 315 g/mol. The normalized spacial score (nSPS) is 10.6. The van der Waals surface area contributed by atoms with E-state index >= 15 is 0 Å². The molecule has 2 aromatic rings. The molecule has 4 heteroatoms. The maximum Gasteiger partial charge on any atom is 0.189 e. The van der Waals surface area contributed by atoms with Gasteiger partial charge >= 0.3 is 0 Å². The number of fused-ring (bicyclic) bond motifs is 1. The van der Waals surface area contributed by atoms with E-state index in [0.29, 0.717) is 5.39 Å². The topological polar surface area (TPSA) is 42.1 Å². The largest absolute Gasteiger partial charge is 0.496 e. The van der Waals surface area contributed by atoms with E-state index in [0.717, 1.165) is 20.5 Å². The first-order valence-electron chi connectivity index (χ1n) is 4.49. The third-order valence-electron chi connectivity index (χ3n) is 2.24. The number of hydrogen-bond acceptors (Lipinski definition) is 2. The molecule has 0 fully saturated rings. The Hall–Kier alpha value is -1.04. The van der Waals surface area contributed by atoms with E-state index in [1.165, 1.54) is 0 Å². The average molecular weight is 315 g/mol. The molecule has 2 rings (SSSR count). The Balaban J connectivity index is 2.87. The summed E-state index contributed by atoms with van der Waals surface area (Å²) in [5.74, 6) is 0.782. The maximum absolute atomic E-state index is 11.7. The highest BCUT2D eigenvalue weighted by Gasteiger charge is 2.05. The second-order valence-corrected chi connectivity index (χ2v) is 4.51. The molecule has 1 aromatic heterocycles. The number of aryl methyl sites for hydroxylation is 1. The molecule has 0 atom stereocenters. The molecule has 1 N–H and O–H groups in total. The van der Waals surface area contributed by atoms with Gasteiger partial charge in [-0.3, -0.25) is 4.79 Å². The fourth-order valence-electron chi connectivity index (χ4n) is 1.54. The molecule has 0 unspecified atom stereocenters. The zero-order chi connectivity index (χ0) is 11.0. The van der Waals surface area contributed by atoms with Crippen LogP contribution in [0.15, 0.2) is 23.0 Å². The Labute approximate surface area is 101 Å². The van der Waals surface area contributed by atoms with E-state index in [4.69, 9.17) is 4.74 Å². The van der Waals surface area contributed by atoms with E-state index in [1.54, 1.807) is 13.2 Å². The second-order valence-electron chi connectivity index (χ2n) is 3.35. The number of hydrogen-bond donors (Lipinski definition) is 1. The standard InChI is InChI=1S/C11H10INO2/c1-6-3-10(14)7-4-8(12)11(15-2)5-9(7)13-6/h3-5H,1-2H3,(H,13,14). The molecule has 0 bridgehead atoms. The fraction of sp³-hybridized carbons (Fsp3) is 0.182. The van der Waals surface area contributed by atoms with Gasteiger partial charge in [-0.2, -0.15) is 0 Å². The van der Waals surface area contributed by atoms with Gasteiger partial charge in [-0.05, 0) is 35.6 Å². The molecule has 3 nitrogen and oxygen atoms in total. The number of pyridine rings is 1. The lowest BCUT2D eigenvalue weighted by Crippen LogP contribution is -2.03. The first kappa shape index (κ1) is 10.5. The van der Waals surface area contributed by atoms with E-state index < -0.39 is 0 Å². The summed E-state index contributed by atoms with van der Waals surface area (Å²) in [4.78, 5) is 14.8. The molecule has 0 aliphatic rings. The number of H-pyrrole nitrogens is 1. The van der Waals surface area contributed by atoms with Gasteiger partial charge in [-0.1, -0.05) is 0 Å². The SMILES string of the molecule is COc1cc2[nH]c(C)cc(=O)c2cc1I. The molecule has 78 valence electrons. The van der Waals surface area contributed by atoms with Crippen LogP contribution in [-0.4, -0.2) is 12.1 Å². The van der Waals surface area contributed by atoms with Gasteiger partial charge < -0.3 is 9.72 Å². The number of halogens is 1. The van der Waals surface area contributed by atoms with Crippen molar-refractivity contribution >= 4 is 33.5 Å². The fourth-order valence-corrected chi connectivity index (χ4v) is 2.23. The van der Waals surface area contributed by atoms with Crippen molar-refractivity contribution in [3.05, 3.63) is 37.7 Å². The summed E-state index contributed by atoms with van der Waals surface area (Å²) in [5.41, 5.74) is 1.72. The molecule has 0 spiro atoms. The lowest BCUT2D eigenvalue weighted by molar-refractivity contribution is 0.412. The molecule has 0 amide bonds. The molecular formula is C11H10INO2. The summed E-state index contributed by atoms with van der Waals surface area (Å²) in [5, 5.41) is 0.700. The number of rotatable bonds is 1. The van der Waals surface area contributed by atoms with Gasteiger partial charge in [0.2, 0.25) is 0 Å². The quantitative estimate of drug-likeness (QED) is 0.822. The van der Waals surface area contributed by atoms with Gasteiger partial charge in [-0.25, -0.2) is 0 Å². The molecule has 0 aliphatic carbocycles. The first-order valence-corrected chi connectivity index (χ1v) is 5.57. The molecule has 0 radical (unpaired) electrons. The lowest BCUT2D eigenvalue weighted by Gasteiger charge is -2.06. The summed E-state index contributed by atoms with van der Waals surface area (Å²) in [7, 11) is 1.62. The van der Waals surface area contributed by atoms with Gasteiger partial charge in [0, 0.05) is 23.2 Å². The summed E-state index contributed by atoms with van der Waals surface area (Å²) < 4.78 is 6.14. The zero-order valence-corrected chi connectivity index (χ0v) is 10.6. The number of aromatic nitrogens is 1. The van der Waals surface area contributed by atoms with Crippen molar-refractivity contribution in [1.29, 1.82) is 0 Å². The van der Waals surface area contributed by atoms with Crippen LogP contribution in [0, 0.1) is 10.5 Å². The smallest absolute Gasteiger partial charge is 0.189 e. The molecule has 1 heterocycles. The molecule has 1 aromatic carbocycles. The van der Waals surface area contributed by atoms with Crippen molar-refractivity contribution < 1.29 is 4.74 Å². The highest BCUT2D eigenvalue weighted by atomic mass is 127. The maximum atomic E-state index is 11.7. The summed E-state index contributed by atoms with van der Waals surface area (Å²) >= 11 is 2.16. The molecule has 0 saturated carbocycles. The Morgan fingerprint density at radius 1 is 1.33 bits per heavy atom. The summed E-state index contributed by atoms with van der Waals surface area (Å²) in [6.07, 6.45) is 0. The lowest BCUT2D eigenvalue weighted by atomic mass is 10.2. The molecule has 0 saturated heterocycles. The van der Waals surface area contributed by atoms with Crippen LogP contribution in [0.4, 0.5) is 0 Å². The second kappa shape index (κ2) is 3.84. The van der Waals surface area contributed by atoms with Crippen LogP contribution in [0.3, 0.4) is 0 Å². The van der Waals surface area contributed by atoms with Crippen LogP contribution < -0.4 is 10.2 Å². The van der Waals surface area contributed by atoms with Crippen LogP contribution in [0.2, 0.25) is 0 Å². The van der Waals surface area contributed by atoms with Crippen LogP contribution >= 0.6 is 22.6 Å². The van der Waals surface area contributed by atoms with E-state index in [9.17, 15) is 4.79 Å². The van der Waals surface area contributed by atoms with Crippen LogP contribution in [-0.2, 0) is 0 Å². The third kappa shape index (κ3) is 1.86. The van der Waals surface area contributed by atoms with Crippen LogP contribution in [0.25, 0.3) is 10.9 Å². The summed E-state index contributed by atoms with van der Waals surface area (Å²) in [6.45, 7) is 1.87. The highest BCUT2D eigenvalue weighted by Crippen LogP contribution is 2.24. The predicted molar refractivity (Wildman–Crippen MR) is 68.6 cm³/mol. The van der Waals surface area contributed by atoms with Crippen molar-refractivity contribution in [2.75, 3.05) is 7.11 Å². The van der Waals surface area contributed by atoms with Crippen molar-refractivity contribution in [3.8, 4) is 5.75 Å². The minimum Gasteiger partial charge on any atom is -0.496 e. The Kier molecular flexibility index (Phi) is 2.68. The van der Waals surface area contributed by atoms with E-state index in [-0.39, 0.29) is 5.43 Å². The highest BCUT2D eigenvalue weighted by molar-refractivity contribution is 14.1. The van der Waals surface area contributed by atoms with E-state index in [1.807, 2.05) is 19.1 Å². The van der Waals surface area contributed by atoms with Crippen molar-refractivity contribution in [2.45, 2.75) is 6.92 Å².